The van der Waals surface area contributed by atoms with Gasteiger partial charge < -0.3 is 41.9 Å². The minimum absolute atomic E-state index is 0.0297. The van der Waals surface area contributed by atoms with Crippen molar-refractivity contribution >= 4 is 57.3 Å². The molecule has 0 bridgehead atoms. The highest BCUT2D eigenvalue weighted by Gasteiger charge is 2.31. The molecule has 12 nitrogen and oxygen atoms in total. The smallest absolute Gasteiger partial charge is 0.326 e. The molecule has 13 heteroatoms. The minimum atomic E-state index is -1.28. The lowest BCUT2D eigenvalue weighted by molar-refractivity contribution is -0.142. The van der Waals surface area contributed by atoms with Gasteiger partial charge in [0, 0.05) is 47.0 Å². The third kappa shape index (κ3) is 9.00. The third-order valence-electron chi connectivity index (χ3n) is 8.42. The van der Waals surface area contributed by atoms with E-state index in [9.17, 15) is 29.4 Å². The van der Waals surface area contributed by atoms with Crippen molar-refractivity contribution in [2.45, 2.75) is 49.9 Å². The van der Waals surface area contributed by atoms with Gasteiger partial charge in [0.15, 0.2) is 0 Å². The van der Waals surface area contributed by atoms with Gasteiger partial charge in [-0.25, -0.2) is 4.79 Å². The molecule has 0 aliphatic carbocycles. The van der Waals surface area contributed by atoms with E-state index in [2.05, 4.69) is 25.9 Å². The van der Waals surface area contributed by atoms with Crippen molar-refractivity contribution in [2.75, 3.05) is 12.0 Å². The first kappa shape index (κ1) is 35.0. The molecule has 0 spiro atoms. The summed E-state index contributed by atoms with van der Waals surface area (Å²) in [6.07, 6.45) is 5.98. The monoisotopic (exact) mass is 684 g/mol. The Morgan fingerprint density at radius 1 is 0.714 bits per heavy atom. The highest BCUT2D eigenvalue weighted by Crippen LogP contribution is 2.21. The van der Waals surface area contributed by atoms with Crippen LogP contribution in [0.2, 0.25) is 0 Å². The van der Waals surface area contributed by atoms with Crippen LogP contribution in [0.25, 0.3) is 21.8 Å². The summed E-state index contributed by atoms with van der Waals surface area (Å²) in [5.74, 6) is -2.51. The third-order valence-corrected chi connectivity index (χ3v) is 9.06. The molecule has 0 saturated heterocycles. The largest absolute Gasteiger partial charge is 0.508 e. The molecule has 0 saturated carbocycles. The van der Waals surface area contributed by atoms with Gasteiger partial charge in [0.2, 0.25) is 17.7 Å². The number of phenolic OH excluding ortho intramolecular Hbond substituents is 1. The molecule has 2 heterocycles. The predicted octanol–water partition coefficient (Wildman–Crippen LogP) is 3.00. The van der Waals surface area contributed by atoms with Gasteiger partial charge in [-0.05, 0) is 65.8 Å². The Morgan fingerprint density at radius 2 is 1.24 bits per heavy atom. The molecule has 0 fully saturated rings. The lowest BCUT2D eigenvalue weighted by atomic mass is 10.0. The fourth-order valence-corrected chi connectivity index (χ4v) is 6.23. The summed E-state index contributed by atoms with van der Waals surface area (Å²) in [5, 5.41) is 29.5. The summed E-state index contributed by atoms with van der Waals surface area (Å²) in [5.41, 5.74) is 10.4. The molecule has 9 N–H and O–H groups in total. The van der Waals surface area contributed by atoms with E-state index in [0.717, 1.165) is 32.9 Å². The summed E-state index contributed by atoms with van der Waals surface area (Å²) in [4.78, 5) is 59.5. The predicted molar refractivity (Wildman–Crippen MR) is 190 cm³/mol. The first-order valence-electron chi connectivity index (χ1n) is 15.9. The van der Waals surface area contributed by atoms with E-state index in [1.807, 2.05) is 61.0 Å². The van der Waals surface area contributed by atoms with Crippen molar-refractivity contribution < 1.29 is 29.4 Å². The van der Waals surface area contributed by atoms with E-state index in [4.69, 9.17) is 5.73 Å². The molecule has 0 aliphatic heterocycles. The van der Waals surface area contributed by atoms with E-state index in [0.29, 0.717) is 11.3 Å². The van der Waals surface area contributed by atoms with Crippen LogP contribution in [-0.2, 0) is 38.4 Å². The van der Waals surface area contributed by atoms with Crippen molar-refractivity contribution in [1.29, 1.82) is 0 Å². The number of amides is 3. The number of aromatic hydroxyl groups is 1. The number of carboxylic acid groups (broad SMARTS) is 1. The van der Waals surface area contributed by atoms with Crippen molar-refractivity contribution in [2.24, 2.45) is 5.73 Å². The topological polar surface area (TPSA) is 202 Å². The first-order chi connectivity index (χ1) is 23.6. The Kier molecular flexibility index (Phi) is 11.6. The Bertz CT molecular complexity index is 1920. The quantitative estimate of drug-likeness (QED) is 0.0775. The van der Waals surface area contributed by atoms with Gasteiger partial charge >= 0.3 is 5.97 Å². The van der Waals surface area contributed by atoms with Crippen LogP contribution in [0.15, 0.2) is 85.2 Å². The number of para-hydroxylation sites is 2. The number of carbonyl (C=O) groups is 4. The number of nitrogens with two attached hydrogens (primary N) is 1. The standard InChI is InChI=1S/C36H40N6O6S/c1-49-15-14-30(34(45)42-32(36(47)48)16-21-10-12-24(43)13-11-21)40-35(46)31(18-23-20-39-29-9-5-3-7-26(23)29)41-33(44)27(37)17-22-19-38-28-8-4-2-6-25(22)28/h2-13,19-20,27,30-32,38-39,43H,14-18,37H2,1H3,(H,40,46)(H,41,44)(H,42,45)(H,47,48). The number of aromatic amines is 2. The summed E-state index contributed by atoms with van der Waals surface area (Å²) >= 11 is 1.47. The number of fused-ring (bicyclic) bond motifs is 2. The molecular formula is C36H40N6O6S. The van der Waals surface area contributed by atoms with Gasteiger partial charge in [-0.3, -0.25) is 14.4 Å². The van der Waals surface area contributed by atoms with E-state index >= 15 is 0 Å². The maximum Gasteiger partial charge on any atom is 0.326 e. The fourth-order valence-electron chi connectivity index (χ4n) is 5.76. The van der Waals surface area contributed by atoms with Gasteiger partial charge in [-0.15, -0.1) is 0 Å². The second-order valence-electron chi connectivity index (χ2n) is 11.9. The minimum Gasteiger partial charge on any atom is -0.508 e. The zero-order chi connectivity index (χ0) is 34.9. The lowest BCUT2D eigenvalue weighted by Gasteiger charge is -2.25. The van der Waals surface area contributed by atoms with Crippen LogP contribution in [0, 0.1) is 0 Å². The summed E-state index contributed by atoms with van der Waals surface area (Å²) < 4.78 is 0. The molecular weight excluding hydrogens is 644 g/mol. The molecule has 3 amide bonds. The fraction of sp³-hybridized carbons (Fsp3) is 0.278. The van der Waals surface area contributed by atoms with Gasteiger partial charge in [0.1, 0.15) is 23.9 Å². The first-order valence-corrected chi connectivity index (χ1v) is 17.3. The summed E-state index contributed by atoms with van der Waals surface area (Å²) in [6, 6.07) is 16.9. The van der Waals surface area contributed by atoms with Crippen LogP contribution < -0.4 is 21.7 Å². The molecule has 0 aliphatic rings. The number of nitrogens with one attached hydrogen (secondary N) is 5. The van der Waals surface area contributed by atoms with Gasteiger partial charge in [-0.2, -0.15) is 11.8 Å². The molecule has 2 aromatic heterocycles. The zero-order valence-electron chi connectivity index (χ0n) is 26.9. The van der Waals surface area contributed by atoms with Crippen LogP contribution in [-0.4, -0.2) is 80.0 Å². The molecule has 4 atom stereocenters. The number of aliphatic carboxylic acids is 1. The van der Waals surface area contributed by atoms with Gasteiger partial charge in [-0.1, -0.05) is 48.5 Å². The molecule has 49 heavy (non-hydrogen) atoms. The Labute approximate surface area is 287 Å². The Balaban J connectivity index is 1.34. The molecule has 5 rings (SSSR count). The molecule has 3 aromatic carbocycles. The van der Waals surface area contributed by atoms with E-state index in [1.54, 1.807) is 18.3 Å². The molecule has 0 radical (unpaired) electrons. The van der Waals surface area contributed by atoms with Crippen molar-refractivity contribution in [1.82, 2.24) is 25.9 Å². The maximum absolute atomic E-state index is 14.0. The van der Waals surface area contributed by atoms with E-state index in [1.165, 1.54) is 23.9 Å². The number of H-pyrrole nitrogens is 2. The average molecular weight is 685 g/mol. The number of thioether (sulfide) groups is 1. The molecule has 256 valence electrons. The van der Waals surface area contributed by atoms with Crippen LogP contribution in [0.5, 0.6) is 5.75 Å². The average Bonchev–Trinajstić information content (AvgIpc) is 3.70. The zero-order valence-corrected chi connectivity index (χ0v) is 27.8. The number of benzene rings is 3. The van der Waals surface area contributed by atoms with E-state index < -0.39 is 47.9 Å². The van der Waals surface area contributed by atoms with Gasteiger partial charge in [0.25, 0.3) is 0 Å². The second-order valence-corrected chi connectivity index (χ2v) is 12.9. The van der Waals surface area contributed by atoms with Crippen molar-refractivity contribution in [3.05, 3.63) is 102 Å². The SMILES string of the molecule is CSCCC(NC(=O)C(Cc1c[nH]c2ccccc12)NC(=O)C(N)Cc1c[nH]c2ccccc12)C(=O)NC(Cc1ccc(O)cc1)C(=O)O. The van der Waals surface area contributed by atoms with Crippen LogP contribution in [0.4, 0.5) is 0 Å². The highest BCUT2D eigenvalue weighted by molar-refractivity contribution is 7.98. The summed E-state index contributed by atoms with van der Waals surface area (Å²) in [6.45, 7) is 0. The maximum atomic E-state index is 14.0. The number of rotatable bonds is 16. The number of phenols is 1. The van der Waals surface area contributed by atoms with Crippen molar-refractivity contribution in [3.63, 3.8) is 0 Å². The number of carboxylic acids is 1. The Morgan fingerprint density at radius 3 is 1.84 bits per heavy atom. The van der Waals surface area contributed by atoms with E-state index in [-0.39, 0.29) is 31.4 Å². The normalized spacial score (nSPS) is 13.8. The van der Waals surface area contributed by atoms with Crippen LogP contribution in [0.3, 0.4) is 0 Å². The van der Waals surface area contributed by atoms with Crippen LogP contribution in [0.1, 0.15) is 23.1 Å². The van der Waals surface area contributed by atoms with Crippen molar-refractivity contribution in [3.8, 4) is 5.75 Å². The lowest BCUT2D eigenvalue weighted by Crippen LogP contribution is -2.58. The van der Waals surface area contributed by atoms with Gasteiger partial charge in [0.05, 0.1) is 6.04 Å². The molecule has 5 aromatic rings. The highest BCUT2D eigenvalue weighted by atomic mass is 32.2. The molecule has 4 unspecified atom stereocenters. The number of hydrogen-bond donors (Lipinski definition) is 8. The number of carbonyl (C=O) groups excluding carboxylic acids is 3. The number of hydrogen-bond acceptors (Lipinski definition) is 7. The number of aromatic nitrogens is 2. The Hall–Kier alpha value is -5.27. The second kappa shape index (κ2) is 16.2. The summed E-state index contributed by atoms with van der Waals surface area (Å²) in [7, 11) is 0. The van der Waals surface area contributed by atoms with Crippen LogP contribution >= 0.6 is 11.8 Å².